The maximum Gasteiger partial charge on any atom is 0.508 e. The molecule has 1 atom stereocenters. The highest BCUT2D eigenvalue weighted by Crippen LogP contribution is 1.90. The molecule has 0 bridgehead atoms. The largest absolute Gasteiger partial charge is 0.508 e. The molecule has 98 valence electrons. The molecule has 0 radical (unpaired) electrons. The lowest BCUT2D eigenvalue weighted by Gasteiger charge is -2.03. The van der Waals surface area contributed by atoms with Crippen LogP contribution in [0.2, 0.25) is 0 Å². The van der Waals surface area contributed by atoms with E-state index in [0.29, 0.717) is 0 Å². The van der Waals surface area contributed by atoms with Crippen LogP contribution in [0.25, 0.3) is 0 Å². The van der Waals surface area contributed by atoms with Gasteiger partial charge in [-0.2, -0.15) is 0 Å². The SMILES string of the molecule is C=C.CCC(O)OC(=O)O.CO.O=C(O)O. The lowest BCUT2D eigenvalue weighted by molar-refractivity contribution is -0.0715. The van der Waals surface area contributed by atoms with E-state index in [0.717, 1.165) is 7.11 Å². The first kappa shape index (κ1) is 23.8. The molecule has 5 N–H and O–H groups in total. The summed E-state index contributed by atoms with van der Waals surface area (Å²) in [7, 11) is 1.00. The van der Waals surface area contributed by atoms with E-state index in [9.17, 15) is 4.79 Å². The van der Waals surface area contributed by atoms with Gasteiger partial charge >= 0.3 is 12.3 Å². The van der Waals surface area contributed by atoms with Gasteiger partial charge in [0.15, 0.2) is 0 Å². The summed E-state index contributed by atoms with van der Waals surface area (Å²) in [5.41, 5.74) is 0. The monoisotopic (exact) mass is 242 g/mol. The zero-order valence-electron chi connectivity index (χ0n) is 9.16. The number of rotatable bonds is 2. The van der Waals surface area contributed by atoms with Crippen molar-refractivity contribution in [2.75, 3.05) is 7.11 Å². The van der Waals surface area contributed by atoms with Gasteiger partial charge < -0.3 is 30.3 Å². The topological polar surface area (TPSA) is 145 Å². The number of aliphatic hydroxyl groups is 2. The molecule has 0 saturated carbocycles. The summed E-state index contributed by atoms with van der Waals surface area (Å²) in [6.07, 6.45) is -4.17. The van der Waals surface area contributed by atoms with Crippen LogP contribution in [0.4, 0.5) is 9.59 Å². The van der Waals surface area contributed by atoms with Crippen molar-refractivity contribution in [1.82, 2.24) is 0 Å². The molecular weight excluding hydrogens is 224 g/mol. The number of aliphatic hydroxyl groups excluding tert-OH is 2. The van der Waals surface area contributed by atoms with E-state index in [-0.39, 0.29) is 6.42 Å². The molecule has 0 aromatic heterocycles. The fourth-order valence-electron chi connectivity index (χ4n) is 0.200. The van der Waals surface area contributed by atoms with Gasteiger partial charge in [0.1, 0.15) is 0 Å². The molecule has 0 aliphatic carbocycles. The molecule has 0 saturated heterocycles. The second-order valence-corrected chi connectivity index (χ2v) is 1.53. The minimum Gasteiger partial charge on any atom is -0.450 e. The molecule has 16 heavy (non-hydrogen) atoms. The van der Waals surface area contributed by atoms with Crippen LogP contribution in [0.1, 0.15) is 13.3 Å². The highest BCUT2D eigenvalue weighted by Gasteiger charge is 2.03. The first-order valence-electron chi connectivity index (χ1n) is 3.84. The first-order valence-corrected chi connectivity index (χ1v) is 3.84. The highest BCUT2D eigenvalue weighted by molar-refractivity contribution is 5.56. The van der Waals surface area contributed by atoms with E-state index < -0.39 is 18.6 Å². The average Bonchev–Trinajstić information content (AvgIpc) is 2.22. The Morgan fingerprint density at radius 1 is 1.19 bits per heavy atom. The summed E-state index contributed by atoms with van der Waals surface area (Å²) in [5, 5.41) is 37.2. The predicted molar refractivity (Wildman–Crippen MR) is 55.5 cm³/mol. The van der Waals surface area contributed by atoms with Gasteiger partial charge in [-0.05, 0) is 0 Å². The Bertz CT molecular complexity index is 154. The molecule has 0 amide bonds. The summed E-state index contributed by atoms with van der Waals surface area (Å²) < 4.78 is 3.87. The van der Waals surface area contributed by atoms with Gasteiger partial charge in [-0.1, -0.05) is 6.92 Å². The maximum atomic E-state index is 9.59. The lowest BCUT2D eigenvalue weighted by Crippen LogP contribution is -2.14. The van der Waals surface area contributed by atoms with E-state index in [1.165, 1.54) is 0 Å². The van der Waals surface area contributed by atoms with Gasteiger partial charge in [0.05, 0.1) is 0 Å². The van der Waals surface area contributed by atoms with Gasteiger partial charge in [0, 0.05) is 13.5 Å². The fraction of sp³-hybridized carbons (Fsp3) is 0.500. The lowest BCUT2D eigenvalue weighted by atomic mass is 10.5. The highest BCUT2D eigenvalue weighted by atomic mass is 16.7. The number of carbonyl (C=O) groups is 2. The van der Waals surface area contributed by atoms with Crippen molar-refractivity contribution in [2.45, 2.75) is 19.6 Å². The molecule has 0 aliphatic rings. The van der Waals surface area contributed by atoms with E-state index >= 15 is 0 Å². The van der Waals surface area contributed by atoms with E-state index in [4.69, 9.17) is 30.3 Å². The third-order valence-corrected chi connectivity index (χ3v) is 0.586. The third-order valence-electron chi connectivity index (χ3n) is 0.586. The second kappa shape index (κ2) is 23.2. The Morgan fingerprint density at radius 3 is 1.50 bits per heavy atom. The molecule has 0 rings (SSSR count). The summed E-state index contributed by atoms with van der Waals surface area (Å²) in [4.78, 5) is 18.1. The Hall–Kier alpha value is -1.80. The van der Waals surface area contributed by atoms with Crippen molar-refractivity contribution in [3.63, 3.8) is 0 Å². The Kier molecular flexibility index (Phi) is 34.5. The van der Waals surface area contributed by atoms with Gasteiger partial charge in [0.2, 0.25) is 6.29 Å². The average molecular weight is 242 g/mol. The predicted octanol–water partition coefficient (Wildman–Crippen LogP) is 1.04. The van der Waals surface area contributed by atoms with Crippen LogP contribution in [0, 0.1) is 0 Å². The summed E-state index contributed by atoms with van der Waals surface area (Å²) in [5.74, 6) is 0. The van der Waals surface area contributed by atoms with Crippen molar-refractivity contribution >= 4 is 12.3 Å². The van der Waals surface area contributed by atoms with Crippen molar-refractivity contribution in [1.29, 1.82) is 0 Å². The van der Waals surface area contributed by atoms with Crippen LogP contribution in [-0.4, -0.2) is 51.2 Å². The zero-order valence-corrected chi connectivity index (χ0v) is 9.16. The molecule has 0 spiro atoms. The van der Waals surface area contributed by atoms with Crippen molar-refractivity contribution in [3.05, 3.63) is 13.2 Å². The standard InChI is InChI=1S/C4H8O4.C2H4.CH2O3.CH4O/c1-2-3(5)8-4(6)7;1-2;2-1(3)4;1-2/h3,5H,2H2,1H3,(H,6,7);1-2H2;(H2,2,3,4);2H,1H3. The van der Waals surface area contributed by atoms with E-state index in [1.54, 1.807) is 6.92 Å². The van der Waals surface area contributed by atoms with Gasteiger partial charge in [-0.3, -0.25) is 0 Å². The van der Waals surface area contributed by atoms with E-state index in [1.807, 2.05) is 0 Å². The number of hydrogen-bond donors (Lipinski definition) is 5. The van der Waals surface area contributed by atoms with Crippen molar-refractivity contribution in [2.24, 2.45) is 0 Å². The molecule has 0 heterocycles. The zero-order chi connectivity index (χ0) is 14.1. The van der Waals surface area contributed by atoms with Crippen molar-refractivity contribution in [3.8, 4) is 0 Å². The van der Waals surface area contributed by atoms with Crippen LogP contribution in [-0.2, 0) is 4.74 Å². The van der Waals surface area contributed by atoms with Crippen LogP contribution in [0.15, 0.2) is 13.2 Å². The fourth-order valence-corrected chi connectivity index (χ4v) is 0.200. The molecule has 0 fully saturated rings. The minimum atomic E-state index is -1.83. The number of carboxylic acid groups (broad SMARTS) is 3. The van der Waals surface area contributed by atoms with Gasteiger partial charge in [-0.25, -0.2) is 9.59 Å². The van der Waals surface area contributed by atoms with Crippen LogP contribution in [0.5, 0.6) is 0 Å². The summed E-state index contributed by atoms with van der Waals surface area (Å²) in [6, 6.07) is 0. The van der Waals surface area contributed by atoms with Crippen LogP contribution in [0.3, 0.4) is 0 Å². The molecule has 8 nitrogen and oxygen atoms in total. The maximum absolute atomic E-state index is 9.59. The molecule has 8 heteroatoms. The van der Waals surface area contributed by atoms with Crippen LogP contribution < -0.4 is 0 Å². The molecule has 0 aliphatic heterocycles. The normalized spacial score (nSPS) is 8.50. The quantitative estimate of drug-likeness (QED) is 0.274. The number of hydrogen-bond acceptors (Lipinski definition) is 5. The Morgan fingerprint density at radius 2 is 1.44 bits per heavy atom. The number of ether oxygens (including phenoxy) is 1. The van der Waals surface area contributed by atoms with Crippen LogP contribution >= 0.6 is 0 Å². The van der Waals surface area contributed by atoms with Gasteiger partial charge in [0.25, 0.3) is 0 Å². The summed E-state index contributed by atoms with van der Waals surface area (Å²) >= 11 is 0. The first-order chi connectivity index (χ1) is 7.40. The smallest absolute Gasteiger partial charge is 0.450 e. The Balaban J connectivity index is -0.0000000761. The van der Waals surface area contributed by atoms with E-state index in [2.05, 4.69) is 17.9 Å². The molecule has 1 unspecified atom stereocenters. The van der Waals surface area contributed by atoms with Crippen molar-refractivity contribution < 1.29 is 39.9 Å². The van der Waals surface area contributed by atoms with Gasteiger partial charge in [-0.15, -0.1) is 13.2 Å². The molecule has 0 aromatic carbocycles. The molecule has 0 aromatic rings. The summed E-state index contributed by atoms with van der Waals surface area (Å²) in [6.45, 7) is 7.62. The Labute approximate surface area is 93.0 Å². The minimum absolute atomic E-state index is 0.284. The second-order valence-electron chi connectivity index (χ2n) is 1.53. The third kappa shape index (κ3) is 86.8. The molecular formula is C8H18O8.